The standard InChI is InChI=1S/C18H15N3O3S/c22-17(19-13-6-7-15-16(8-13)24-11-23-15)9-14-10-25-18(21-14)20-12-4-2-1-3-5-12/h1-8,10H,9,11H2,(H,19,22)(H,20,21). The van der Waals surface area contributed by atoms with Gasteiger partial charge in [0.25, 0.3) is 0 Å². The Bertz CT molecular complexity index is 896. The van der Waals surface area contributed by atoms with E-state index in [0.717, 1.165) is 16.5 Å². The average molecular weight is 353 g/mol. The van der Waals surface area contributed by atoms with Gasteiger partial charge in [-0.2, -0.15) is 0 Å². The van der Waals surface area contributed by atoms with E-state index in [9.17, 15) is 4.79 Å². The summed E-state index contributed by atoms with van der Waals surface area (Å²) >= 11 is 1.47. The van der Waals surface area contributed by atoms with Gasteiger partial charge in [-0.3, -0.25) is 4.79 Å². The molecular weight excluding hydrogens is 338 g/mol. The highest BCUT2D eigenvalue weighted by Crippen LogP contribution is 2.34. The van der Waals surface area contributed by atoms with Crippen molar-refractivity contribution in [1.82, 2.24) is 4.98 Å². The summed E-state index contributed by atoms with van der Waals surface area (Å²) in [4.78, 5) is 16.7. The number of hydrogen-bond donors (Lipinski definition) is 2. The molecule has 3 aromatic rings. The van der Waals surface area contributed by atoms with Gasteiger partial charge in [0.05, 0.1) is 12.1 Å². The van der Waals surface area contributed by atoms with E-state index in [0.29, 0.717) is 17.2 Å². The van der Waals surface area contributed by atoms with E-state index < -0.39 is 0 Å². The summed E-state index contributed by atoms with van der Waals surface area (Å²) < 4.78 is 10.6. The number of nitrogens with one attached hydrogen (secondary N) is 2. The number of para-hydroxylation sites is 1. The highest BCUT2D eigenvalue weighted by molar-refractivity contribution is 7.13. The molecule has 0 bridgehead atoms. The molecule has 0 atom stereocenters. The zero-order valence-corrected chi connectivity index (χ0v) is 14.0. The maximum Gasteiger partial charge on any atom is 0.231 e. The van der Waals surface area contributed by atoms with Gasteiger partial charge in [-0.15, -0.1) is 11.3 Å². The first-order valence-electron chi connectivity index (χ1n) is 7.72. The molecule has 6 nitrogen and oxygen atoms in total. The monoisotopic (exact) mass is 353 g/mol. The second-order valence-corrected chi connectivity index (χ2v) is 6.29. The van der Waals surface area contributed by atoms with Gasteiger partial charge in [0.15, 0.2) is 16.6 Å². The number of anilines is 3. The zero-order chi connectivity index (χ0) is 17.1. The van der Waals surface area contributed by atoms with E-state index >= 15 is 0 Å². The number of aromatic nitrogens is 1. The molecule has 7 heteroatoms. The largest absolute Gasteiger partial charge is 0.454 e. The molecule has 0 aliphatic carbocycles. The van der Waals surface area contributed by atoms with Gasteiger partial charge >= 0.3 is 0 Å². The molecule has 1 aromatic heterocycles. The van der Waals surface area contributed by atoms with Crippen molar-refractivity contribution in [3.63, 3.8) is 0 Å². The van der Waals surface area contributed by atoms with Crippen molar-refractivity contribution >= 4 is 33.8 Å². The van der Waals surface area contributed by atoms with Crippen LogP contribution in [0, 0.1) is 0 Å². The minimum Gasteiger partial charge on any atom is -0.454 e. The first-order chi connectivity index (χ1) is 12.3. The SMILES string of the molecule is O=C(Cc1csc(Nc2ccccc2)n1)Nc1ccc2c(c1)OCO2. The predicted octanol–water partition coefficient (Wildman–Crippen LogP) is 3.80. The van der Waals surface area contributed by atoms with Crippen LogP contribution in [0.15, 0.2) is 53.9 Å². The second-order valence-electron chi connectivity index (χ2n) is 5.43. The Morgan fingerprint density at radius 3 is 2.80 bits per heavy atom. The lowest BCUT2D eigenvalue weighted by Crippen LogP contribution is -2.14. The fraction of sp³-hybridized carbons (Fsp3) is 0.111. The number of carbonyl (C=O) groups is 1. The minimum atomic E-state index is -0.129. The number of fused-ring (bicyclic) bond motifs is 1. The van der Waals surface area contributed by atoms with E-state index in [4.69, 9.17) is 9.47 Å². The Morgan fingerprint density at radius 2 is 1.92 bits per heavy atom. The third-order valence-electron chi connectivity index (χ3n) is 3.57. The summed E-state index contributed by atoms with van der Waals surface area (Å²) in [5.41, 5.74) is 2.36. The number of benzene rings is 2. The van der Waals surface area contributed by atoms with E-state index in [1.807, 2.05) is 35.7 Å². The summed E-state index contributed by atoms with van der Waals surface area (Å²) in [6.45, 7) is 0.211. The number of ether oxygens (including phenoxy) is 2. The van der Waals surface area contributed by atoms with Crippen molar-refractivity contribution in [2.24, 2.45) is 0 Å². The van der Waals surface area contributed by atoms with E-state index in [2.05, 4.69) is 15.6 Å². The third-order valence-corrected chi connectivity index (χ3v) is 4.38. The van der Waals surface area contributed by atoms with Gasteiger partial charge in [0.1, 0.15) is 0 Å². The average Bonchev–Trinajstić information content (AvgIpc) is 3.24. The second kappa shape index (κ2) is 6.82. The van der Waals surface area contributed by atoms with E-state index in [1.165, 1.54) is 11.3 Å². The van der Waals surface area contributed by atoms with Gasteiger partial charge in [-0.1, -0.05) is 18.2 Å². The summed E-state index contributed by atoms with van der Waals surface area (Å²) in [6, 6.07) is 15.1. The smallest absolute Gasteiger partial charge is 0.231 e. The fourth-order valence-electron chi connectivity index (χ4n) is 2.43. The minimum absolute atomic E-state index is 0.129. The van der Waals surface area contributed by atoms with Crippen molar-refractivity contribution in [3.05, 3.63) is 59.6 Å². The van der Waals surface area contributed by atoms with Crippen LogP contribution in [-0.2, 0) is 11.2 Å². The van der Waals surface area contributed by atoms with Crippen LogP contribution in [-0.4, -0.2) is 17.7 Å². The number of amides is 1. The Labute approximate surface area is 148 Å². The Balaban J connectivity index is 1.36. The molecule has 0 unspecified atom stereocenters. The van der Waals surface area contributed by atoms with Gasteiger partial charge in [-0.05, 0) is 24.3 Å². The highest BCUT2D eigenvalue weighted by Gasteiger charge is 2.14. The third kappa shape index (κ3) is 3.72. The zero-order valence-electron chi connectivity index (χ0n) is 13.2. The first kappa shape index (κ1) is 15.5. The maximum atomic E-state index is 12.2. The molecule has 2 N–H and O–H groups in total. The molecule has 1 amide bonds. The topological polar surface area (TPSA) is 72.5 Å². The molecule has 25 heavy (non-hydrogen) atoms. The molecule has 126 valence electrons. The molecular formula is C18H15N3O3S. The van der Waals surface area contributed by atoms with Crippen LogP contribution in [0.3, 0.4) is 0 Å². The van der Waals surface area contributed by atoms with Crippen LogP contribution in [0.1, 0.15) is 5.69 Å². The summed E-state index contributed by atoms with van der Waals surface area (Å²) in [6.07, 6.45) is 0.210. The molecule has 2 heterocycles. The highest BCUT2D eigenvalue weighted by atomic mass is 32.1. The Hall–Kier alpha value is -3.06. The van der Waals surface area contributed by atoms with Gasteiger partial charge < -0.3 is 20.1 Å². The molecule has 0 spiro atoms. The van der Waals surface area contributed by atoms with Crippen LogP contribution in [0.2, 0.25) is 0 Å². The molecule has 0 fully saturated rings. The number of carbonyl (C=O) groups excluding carboxylic acids is 1. The van der Waals surface area contributed by atoms with Crippen molar-refractivity contribution in [3.8, 4) is 11.5 Å². The van der Waals surface area contributed by atoms with E-state index in [-0.39, 0.29) is 19.1 Å². The van der Waals surface area contributed by atoms with Crippen LogP contribution in [0.25, 0.3) is 0 Å². The molecule has 4 rings (SSSR count). The van der Waals surface area contributed by atoms with Crippen LogP contribution >= 0.6 is 11.3 Å². The van der Waals surface area contributed by atoms with Crippen molar-refractivity contribution < 1.29 is 14.3 Å². The molecule has 0 saturated heterocycles. The lowest BCUT2D eigenvalue weighted by atomic mass is 10.2. The van der Waals surface area contributed by atoms with Crippen molar-refractivity contribution in [2.45, 2.75) is 6.42 Å². The van der Waals surface area contributed by atoms with Crippen LogP contribution in [0.4, 0.5) is 16.5 Å². The number of thiazole rings is 1. The maximum absolute atomic E-state index is 12.2. The van der Waals surface area contributed by atoms with E-state index in [1.54, 1.807) is 18.2 Å². The first-order valence-corrected chi connectivity index (χ1v) is 8.60. The fourth-order valence-corrected chi connectivity index (χ4v) is 3.16. The molecule has 1 aliphatic rings. The summed E-state index contributed by atoms with van der Waals surface area (Å²) in [5.74, 6) is 1.20. The lowest BCUT2D eigenvalue weighted by molar-refractivity contribution is -0.115. The molecule has 0 saturated carbocycles. The van der Waals surface area contributed by atoms with Crippen LogP contribution in [0.5, 0.6) is 11.5 Å². The number of nitrogens with zero attached hydrogens (tertiary/aromatic N) is 1. The molecule has 0 radical (unpaired) electrons. The lowest BCUT2D eigenvalue weighted by Gasteiger charge is -2.05. The van der Waals surface area contributed by atoms with Crippen molar-refractivity contribution in [1.29, 1.82) is 0 Å². The number of hydrogen-bond acceptors (Lipinski definition) is 6. The molecule has 1 aliphatic heterocycles. The normalized spacial score (nSPS) is 12.0. The van der Waals surface area contributed by atoms with Crippen LogP contribution < -0.4 is 20.1 Å². The Morgan fingerprint density at radius 1 is 1.08 bits per heavy atom. The summed E-state index contributed by atoms with van der Waals surface area (Å²) in [7, 11) is 0. The van der Waals surface area contributed by atoms with Crippen molar-refractivity contribution in [2.75, 3.05) is 17.4 Å². The molecule has 2 aromatic carbocycles. The number of rotatable bonds is 5. The predicted molar refractivity (Wildman–Crippen MR) is 96.7 cm³/mol. The summed E-state index contributed by atoms with van der Waals surface area (Å²) in [5, 5.41) is 8.71. The van der Waals surface area contributed by atoms with Gasteiger partial charge in [-0.25, -0.2) is 4.98 Å². The van der Waals surface area contributed by atoms with Gasteiger partial charge in [0, 0.05) is 22.8 Å². The van der Waals surface area contributed by atoms with Gasteiger partial charge in [0.2, 0.25) is 12.7 Å². The Kier molecular flexibility index (Phi) is 4.22. The quantitative estimate of drug-likeness (QED) is 0.730.